The summed E-state index contributed by atoms with van der Waals surface area (Å²) < 4.78 is 0. The lowest BCUT2D eigenvalue weighted by molar-refractivity contribution is 0.152. The van der Waals surface area contributed by atoms with Crippen LogP contribution in [-0.4, -0.2) is 0 Å². The molecule has 2 saturated carbocycles. The van der Waals surface area contributed by atoms with Gasteiger partial charge in [0.1, 0.15) is 0 Å². The van der Waals surface area contributed by atoms with Crippen LogP contribution in [0.1, 0.15) is 74.1 Å². The monoisotopic (exact) mass is 198 g/mol. The quantitative estimate of drug-likeness (QED) is 0.497. The average Bonchev–Trinajstić information content (AvgIpc) is 2.57. The van der Waals surface area contributed by atoms with Crippen molar-refractivity contribution in [2.45, 2.75) is 74.1 Å². The number of hydrogen-bond donors (Lipinski definition) is 0. The van der Waals surface area contributed by atoms with Gasteiger partial charge in [-0.05, 0) is 42.4 Å². The first-order chi connectivity index (χ1) is 6.56. The van der Waals surface area contributed by atoms with Crippen molar-refractivity contribution in [2.75, 3.05) is 0 Å². The largest absolute Gasteiger partial charge is 0.0683 e. The Morgan fingerprint density at radius 3 is 1.21 bits per heavy atom. The van der Waals surface area contributed by atoms with E-state index in [2.05, 4.69) is 20.8 Å². The zero-order valence-corrected chi connectivity index (χ0v) is 11.4. The van der Waals surface area contributed by atoms with Gasteiger partial charge in [0.05, 0.1) is 0 Å². The zero-order chi connectivity index (χ0) is 11.4. The van der Waals surface area contributed by atoms with E-state index in [1.54, 1.807) is 0 Å². The maximum atomic E-state index is 2.49. The second-order valence-electron chi connectivity index (χ2n) is 5.06. The zero-order valence-electron chi connectivity index (χ0n) is 11.4. The molecule has 0 saturated heterocycles. The molecule has 0 heteroatoms. The van der Waals surface area contributed by atoms with E-state index in [1.165, 1.54) is 25.7 Å². The van der Waals surface area contributed by atoms with Gasteiger partial charge in [0.25, 0.3) is 0 Å². The highest BCUT2D eigenvalue weighted by Gasteiger charge is 2.55. The van der Waals surface area contributed by atoms with Crippen molar-refractivity contribution in [3.63, 3.8) is 0 Å². The molecular formula is C14H30. The Labute approximate surface area is 91.5 Å². The maximum absolute atomic E-state index is 2.49. The second-order valence-corrected chi connectivity index (χ2v) is 5.06. The Kier molecular flexibility index (Phi) is 5.19. The minimum absolute atomic E-state index is 0.660. The summed E-state index contributed by atoms with van der Waals surface area (Å²) in [6, 6.07) is 0. The maximum Gasteiger partial charge on any atom is -0.0272 e. The molecule has 2 aliphatic carbocycles. The first kappa shape index (κ1) is 14.0. The average molecular weight is 198 g/mol. The predicted octanol–water partition coefficient (Wildman–Crippen LogP) is 5.28. The summed E-state index contributed by atoms with van der Waals surface area (Å²) in [4.78, 5) is 0. The third-order valence-electron chi connectivity index (χ3n) is 4.67. The predicted molar refractivity (Wildman–Crippen MR) is 66.5 cm³/mol. The van der Waals surface area contributed by atoms with E-state index in [4.69, 9.17) is 0 Å². The van der Waals surface area contributed by atoms with Crippen molar-refractivity contribution < 1.29 is 0 Å². The first-order valence-corrected chi connectivity index (χ1v) is 6.56. The molecule has 0 N–H and O–H groups in total. The molecule has 2 bridgehead atoms. The minimum atomic E-state index is 0.660. The van der Waals surface area contributed by atoms with Crippen molar-refractivity contribution in [3.05, 3.63) is 0 Å². The van der Waals surface area contributed by atoms with Crippen LogP contribution in [0, 0.1) is 16.7 Å². The van der Waals surface area contributed by atoms with Gasteiger partial charge in [-0.3, -0.25) is 0 Å². The smallest absolute Gasteiger partial charge is 0.0272 e. The molecule has 14 heavy (non-hydrogen) atoms. The van der Waals surface area contributed by atoms with Crippen LogP contribution in [0.5, 0.6) is 0 Å². The van der Waals surface area contributed by atoms with Crippen LogP contribution in [0.3, 0.4) is 0 Å². The molecule has 2 aliphatic rings. The Bertz CT molecular complexity index is 145. The van der Waals surface area contributed by atoms with Gasteiger partial charge in [0.15, 0.2) is 0 Å². The highest BCUT2D eigenvalue weighted by molar-refractivity contribution is 5.05. The van der Waals surface area contributed by atoms with Crippen LogP contribution in [0.2, 0.25) is 0 Å². The van der Waals surface area contributed by atoms with Crippen molar-refractivity contribution in [1.29, 1.82) is 0 Å². The van der Waals surface area contributed by atoms with Crippen LogP contribution in [0.25, 0.3) is 0 Å². The molecule has 0 heterocycles. The molecule has 0 aromatic carbocycles. The summed E-state index contributed by atoms with van der Waals surface area (Å²) in [5.41, 5.74) is 1.37. The van der Waals surface area contributed by atoms with Gasteiger partial charge in [-0.15, -0.1) is 0 Å². The Morgan fingerprint density at radius 1 is 0.786 bits per heavy atom. The van der Waals surface area contributed by atoms with Crippen LogP contribution >= 0.6 is 0 Å². The van der Waals surface area contributed by atoms with E-state index in [0.29, 0.717) is 10.8 Å². The summed E-state index contributed by atoms with van der Waals surface area (Å²) in [6.07, 6.45) is 5.99. The Hall–Kier alpha value is 0. The first-order valence-electron chi connectivity index (χ1n) is 6.56. The van der Waals surface area contributed by atoms with Gasteiger partial charge < -0.3 is 0 Å². The number of hydrogen-bond acceptors (Lipinski definition) is 0. The lowest BCUT2D eigenvalue weighted by atomic mass is 9.71. The molecule has 2 fully saturated rings. The minimum Gasteiger partial charge on any atom is -0.0683 e. The van der Waals surface area contributed by atoms with Gasteiger partial charge in [-0.2, -0.15) is 0 Å². The van der Waals surface area contributed by atoms with Crippen LogP contribution in [0.4, 0.5) is 0 Å². The van der Waals surface area contributed by atoms with E-state index in [1.807, 2.05) is 27.7 Å². The molecule has 0 unspecified atom stereocenters. The van der Waals surface area contributed by atoms with Gasteiger partial charge >= 0.3 is 0 Å². The second kappa shape index (κ2) is 5.19. The molecule has 0 aromatic rings. The lowest BCUT2D eigenvalue weighted by Gasteiger charge is -2.34. The van der Waals surface area contributed by atoms with Gasteiger partial charge in [0, 0.05) is 0 Å². The summed E-state index contributed by atoms with van der Waals surface area (Å²) in [6.45, 7) is 15.4. The summed E-state index contributed by atoms with van der Waals surface area (Å²) in [7, 11) is 0. The molecule has 0 spiro atoms. The lowest BCUT2D eigenvalue weighted by Crippen LogP contribution is -2.26. The third kappa shape index (κ3) is 1.99. The molecule has 0 radical (unpaired) electrons. The number of fused-ring (bicyclic) bond motifs is 2. The molecule has 0 aliphatic heterocycles. The van der Waals surface area contributed by atoms with E-state index >= 15 is 0 Å². The molecule has 0 amide bonds. The highest BCUT2D eigenvalue weighted by Crippen LogP contribution is 2.65. The Morgan fingerprint density at radius 2 is 1.14 bits per heavy atom. The van der Waals surface area contributed by atoms with E-state index in [9.17, 15) is 0 Å². The molecule has 0 aromatic heterocycles. The van der Waals surface area contributed by atoms with Crippen molar-refractivity contribution in [1.82, 2.24) is 0 Å². The SMILES string of the molecule is CC.CC.CC12CCC(CC1)C2(C)C. The molecule has 0 nitrogen and oxygen atoms in total. The molecule has 2 rings (SSSR count). The number of rotatable bonds is 0. The van der Waals surface area contributed by atoms with Crippen LogP contribution < -0.4 is 0 Å². The fraction of sp³-hybridized carbons (Fsp3) is 1.00. The Balaban J connectivity index is 0.000000379. The standard InChI is InChI=1S/C10H18.2C2H6/c1-9(2)8-4-6-10(9,3)7-5-8;2*1-2/h8H,4-7H2,1-3H3;2*1-2H3. The third-order valence-corrected chi connectivity index (χ3v) is 4.67. The summed E-state index contributed by atoms with van der Waals surface area (Å²) in [5, 5.41) is 0. The summed E-state index contributed by atoms with van der Waals surface area (Å²) >= 11 is 0. The van der Waals surface area contributed by atoms with Crippen molar-refractivity contribution in [3.8, 4) is 0 Å². The molecular weight excluding hydrogens is 168 g/mol. The summed E-state index contributed by atoms with van der Waals surface area (Å²) in [5.74, 6) is 1.05. The highest BCUT2D eigenvalue weighted by atomic mass is 14.6. The topological polar surface area (TPSA) is 0 Å². The fourth-order valence-electron chi connectivity index (χ4n) is 3.11. The van der Waals surface area contributed by atoms with E-state index in [0.717, 1.165) is 5.92 Å². The molecule has 0 atom stereocenters. The fourth-order valence-corrected chi connectivity index (χ4v) is 3.11. The molecule has 86 valence electrons. The van der Waals surface area contributed by atoms with Gasteiger partial charge in [0.2, 0.25) is 0 Å². The normalized spacial score (nSPS) is 36.6. The van der Waals surface area contributed by atoms with Crippen LogP contribution in [-0.2, 0) is 0 Å². The van der Waals surface area contributed by atoms with E-state index < -0.39 is 0 Å². The van der Waals surface area contributed by atoms with Gasteiger partial charge in [-0.1, -0.05) is 48.5 Å². The van der Waals surface area contributed by atoms with Crippen LogP contribution in [0.15, 0.2) is 0 Å². The van der Waals surface area contributed by atoms with Gasteiger partial charge in [-0.25, -0.2) is 0 Å². The van der Waals surface area contributed by atoms with Crippen molar-refractivity contribution in [2.24, 2.45) is 16.7 Å². The van der Waals surface area contributed by atoms with E-state index in [-0.39, 0.29) is 0 Å². The van der Waals surface area contributed by atoms with Crippen molar-refractivity contribution >= 4 is 0 Å².